The molecular weight excluding hydrogens is 296 g/mol. The first-order chi connectivity index (χ1) is 10.5. The minimum Gasteiger partial charge on any atom is -0.374 e. The lowest BCUT2D eigenvalue weighted by Gasteiger charge is -2.16. The highest BCUT2D eigenvalue weighted by molar-refractivity contribution is 7.11. The van der Waals surface area contributed by atoms with Gasteiger partial charge in [0.05, 0.1) is 28.1 Å². The van der Waals surface area contributed by atoms with Gasteiger partial charge in [-0.25, -0.2) is 4.98 Å². The smallest absolute Gasteiger partial charge is 0.200 e. The van der Waals surface area contributed by atoms with E-state index in [1.807, 2.05) is 6.92 Å². The molecule has 3 aromatic heterocycles. The van der Waals surface area contributed by atoms with Crippen molar-refractivity contribution >= 4 is 22.7 Å². The van der Waals surface area contributed by atoms with E-state index < -0.39 is 0 Å². The standard InChI is InChI=1S/C15H20N6S/c1-8(2)12-6-13(15-19-16-7-21(15)20-12)17-9(3)14-10(4)22-11(5)18-14/h6-9,17H,1-5H3. The summed E-state index contributed by atoms with van der Waals surface area (Å²) in [4.78, 5) is 5.87. The Morgan fingerprint density at radius 2 is 2.00 bits per heavy atom. The molecule has 1 N–H and O–H groups in total. The van der Waals surface area contributed by atoms with Gasteiger partial charge in [-0.2, -0.15) is 9.61 Å². The molecule has 0 bridgehead atoms. The summed E-state index contributed by atoms with van der Waals surface area (Å²) in [7, 11) is 0. The summed E-state index contributed by atoms with van der Waals surface area (Å²) >= 11 is 1.72. The third kappa shape index (κ3) is 2.68. The van der Waals surface area contributed by atoms with Crippen LogP contribution >= 0.6 is 11.3 Å². The second kappa shape index (κ2) is 5.64. The minimum atomic E-state index is 0.105. The lowest BCUT2D eigenvalue weighted by Crippen LogP contribution is -2.11. The quantitative estimate of drug-likeness (QED) is 0.798. The summed E-state index contributed by atoms with van der Waals surface area (Å²) in [6.45, 7) is 10.5. The molecule has 0 amide bonds. The average molecular weight is 316 g/mol. The van der Waals surface area contributed by atoms with Crippen molar-refractivity contribution in [1.82, 2.24) is 24.8 Å². The number of thiazole rings is 1. The number of fused-ring (bicyclic) bond motifs is 1. The van der Waals surface area contributed by atoms with Crippen molar-refractivity contribution in [3.05, 3.63) is 33.7 Å². The molecule has 0 saturated carbocycles. The van der Waals surface area contributed by atoms with Crippen LogP contribution in [-0.2, 0) is 0 Å². The van der Waals surface area contributed by atoms with Crippen LogP contribution in [0.3, 0.4) is 0 Å². The topological polar surface area (TPSA) is 68.0 Å². The van der Waals surface area contributed by atoms with Crippen molar-refractivity contribution in [3.8, 4) is 0 Å². The normalized spacial score (nSPS) is 13.0. The third-order valence-corrected chi connectivity index (χ3v) is 4.50. The number of rotatable bonds is 4. The molecule has 6 nitrogen and oxygen atoms in total. The van der Waals surface area contributed by atoms with E-state index in [-0.39, 0.29) is 6.04 Å². The van der Waals surface area contributed by atoms with E-state index in [9.17, 15) is 0 Å². The highest BCUT2D eigenvalue weighted by Crippen LogP contribution is 2.28. The zero-order valence-electron chi connectivity index (χ0n) is 13.5. The monoisotopic (exact) mass is 316 g/mol. The number of aryl methyl sites for hydroxylation is 2. The Balaban J connectivity index is 1.99. The van der Waals surface area contributed by atoms with E-state index in [4.69, 9.17) is 0 Å². The van der Waals surface area contributed by atoms with Gasteiger partial charge in [-0.15, -0.1) is 21.5 Å². The van der Waals surface area contributed by atoms with Crippen molar-refractivity contribution in [2.75, 3.05) is 5.32 Å². The molecule has 0 aliphatic carbocycles. The van der Waals surface area contributed by atoms with Crippen molar-refractivity contribution in [3.63, 3.8) is 0 Å². The molecule has 0 saturated heterocycles. The van der Waals surface area contributed by atoms with Gasteiger partial charge in [-0.3, -0.25) is 0 Å². The van der Waals surface area contributed by atoms with Gasteiger partial charge in [-0.05, 0) is 32.8 Å². The maximum Gasteiger partial charge on any atom is 0.200 e. The Hall–Kier alpha value is -2.02. The fraction of sp³-hybridized carbons (Fsp3) is 0.467. The fourth-order valence-electron chi connectivity index (χ4n) is 2.48. The van der Waals surface area contributed by atoms with Crippen molar-refractivity contribution in [2.24, 2.45) is 0 Å². The van der Waals surface area contributed by atoms with Crippen molar-refractivity contribution < 1.29 is 0 Å². The molecule has 3 rings (SSSR count). The van der Waals surface area contributed by atoms with Gasteiger partial charge in [0.25, 0.3) is 0 Å². The molecular formula is C15H20N6S. The minimum absolute atomic E-state index is 0.105. The maximum absolute atomic E-state index is 4.63. The van der Waals surface area contributed by atoms with Gasteiger partial charge < -0.3 is 5.32 Å². The molecule has 1 atom stereocenters. The summed E-state index contributed by atoms with van der Waals surface area (Å²) < 4.78 is 1.73. The van der Waals surface area contributed by atoms with Gasteiger partial charge in [-0.1, -0.05) is 13.8 Å². The molecule has 3 heterocycles. The maximum atomic E-state index is 4.63. The van der Waals surface area contributed by atoms with Crippen LogP contribution in [0.25, 0.3) is 5.65 Å². The van der Waals surface area contributed by atoms with Crippen LogP contribution in [0.5, 0.6) is 0 Å². The van der Waals surface area contributed by atoms with Crippen LogP contribution in [0.1, 0.15) is 54.0 Å². The average Bonchev–Trinajstić information content (AvgIpc) is 3.04. The molecule has 0 spiro atoms. The second-order valence-electron chi connectivity index (χ2n) is 5.78. The number of hydrogen-bond acceptors (Lipinski definition) is 6. The number of nitrogens with zero attached hydrogens (tertiary/aromatic N) is 5. The summed E-state index contributed by atoms with van der Waals surface area (Å²) in [5.41, 5.74) is 3.77. The molecule has 22 heavy (non-hydrogen) atoms. The summed E-state index contributed by atoms with van der Waals surface area (Å²) in [6, 6.07) is 2.16. The highest BCUT2D eigenvalue weighted by Gasteiger charge is 2.16. The van der Waals surface area contributed by atoms with E-state index in [1.165, 1.54) is 4.88 Å². The predicted octanol–water partition coefficient (Wildman–Crippen LogP) is 3.49. The molecule has 0 aliphatic rings. The molecule has 0 aliphatic heterocycles. The summed E-state index contributed by atoms with van der Waals surface area (Å²) in [6.07, 6.45) is 1.63. The first-order valence-corrected chi connectivity index (χ1v) is 8.18. The molecule has 0 fully saturated rings. The van der Waals surface area contributed by atoms with E-state index in [0.29, 0.717) is 5.92 Å². The SMILES string of the molecule is Cc1nc(C(C)Nc2cc(C(C)C)nn3cnnc23)c(C)s1. The van der Waals surface area contributed by atoms with E-state index in [0.717, 1.165) is 27.7 Å². The number of anilines is 1. The first-order valence-electron chi connectivity index (χ1n) is 7.37. The summed E-state index contributed by atoms with van der Waals surface area (Å²) in [5.74, 6) is 0.339. The number of nitrogens with one attached hydrogen (secondary N) is 1. The van der Waals surface area contributed by atoms with Crippen LogP contribution in [0, 0.1) is 13.8 Å². The van der Waals surface area contributed by atoms with Crippen LogP contribution in [0.15, 0.2) is 12.4 Å². The Bertz CT molecular complexity index is 804. The van der Waals surface area contributed by atoms with E-state index in [2.05, 4.69) is 59.4 Å². The van der Waals surface area contributed by atoms with Gasteiger partial charge in [0.1, 0.15) is 6.33 Å². The predicted molar refractivity (Wildman–Crippen MR) is 88.5 cm³/mol. The molecule has 116 valence electrons. The second-order valence-corrected chi connectivity index (χ2v) is 7.18. The van der Waals surface area contributed by atoms with Gasteiger partial charge in [0.2, 0.25) is 5.65 Å². The lowest BCUT2D eigenvalue weighted by molar-refractivity contribution is 0.758. The molecule has 1 unspecified atom stereocenters. The molecule has 0 aromatic carbocycles. The Morgan fingerprint density at radius 1 is 1.23 bits per heavy atom. The highest BCUT2D eigenvalue weighted by atomic mass is 32.1. The summed E-state index contributed by atoms with van der Waals surface area (Å²) in [5, 5.41) is 17.3. The van der Waals surface area contributed by atoms with E-state index in [1.54, 1.807) is 22.2 Å². The Labute approximate surface area is 133 Å². The lowest BCUT2D eigenvalue weighted by atomic mass is 10.1. The zero-order valence-corrected chi connectivity index (χ0v) is 14.3. The van der Waals surface area contributed by atoms with Crippen LogP contribution < -0.4 is 5.32 Å². The molecule has 3 aromatic rings. The largest absolute Gasteiger partial charge is 0.374 e. The van der Waals surface area contributed by atoms with Gasteiger partial charge >= 0.3 is 0 Å². The van der Waals surface area contributed by atoms with E-state index >= 15 is 0 Å². The van der Waals surface area contributed by atoms with Crippen molar-refractivity contribution in [1.29, 1.82) is 0 Å². The zero-order chi connectivity index (χ0) is 15.9. The third-order valence-electron chi connectivity index (χ3n) is 3.60. The van der Waals surface area contributed by atoms with Gasteiger partial charge in [0.15, 0.2) is 0 Å². The Morgan fingerprint density at radius 3 is 2.64 bits per heavy atom. The Kier molecular flexibility index (Phi) is 3.82. The van der Waals surface area contributed by atoms with Crippen LogP contribution in [-0.4, -0.2) is 24.8 Å². The fourth-order valence-corrected chi connectivity index (χ4v) is 3.40. The number of aromatic nitrogens is 5. The first kappa shape index (κ1) is 14.9. The van der Waals surface area contributed by atoms with Gasteiger partial charge in [0, 0.05) is 4.88 Å². The van der Waals surface area contributed by atoms with Crippen LogP contribution in [0.4, 0.5) is 5.69 Å². The van der Waals surface area contributed by atoms with Crippen molar-refractivity contribution in [2.45, 2.75) is 46.6 Å². The molecule has 0 radical (unpaired) electrons. The number of hydrogen-bond donors (Lipinski definition) is 1. The van der Waals surface area contributed by atoms with Crippen LogP contribution in [0.2, 0.25) is 0 Å². The molecule has 7 heteroatoms.